The van der Waals surface area contributed by atoms with E-state index < -0.39 is 0 Å². The molecule has 2 aromatic carbocycles. The van der Waals surface area contributed by atoms with Gasteiger partial charge in [0.05, 0.1) is 6.04 Å². The Labute approximate surface area is 146 Å². The maximum absolute atomic E-state index is 12.3. The molecule has 1 atom stereocenters. The van der Waals surface area contributed by atoms with Crippen LogP contribution in [-0.2, 0) is 11.2 Å². The minimum atomic E-state index is -0.151. The van der Waals surface area contributed by atoms with Crippen molar-refractivity contribution in [2.24, 2.45) is 10.7 Å². The second-order valence-corrected chi connectivity index (χ2v) is 5.84. The molecule has 0 spiro atoms. The lowest BCUT2D eigenvalue weighted by Gasteiger charge is -2.08. The average molecular weight is 333 g/mol. The molecule has 0 saturated carbocycles. The number of carbonyl (C=O) groups is 1. The van der Waals surface area contributed by atoms with E-state index in [-0.39, 0.29) is 18.0 Å². The molecule has 0 bridgehead atoms. The highest BCUT2D eigenvalue weighted by atomic mass is 16.5. The van der Waals surface area contributed by atoms with Gasteiger partial charge in [-0.15, -0.1) is 6.42 Å². The van der Waals surface area contributed by atoms with Crippen molar-refractivity contribution in [1.29, 1.82) is 0 Å². The largest absolute Gasteiger partial charge is 0.463 e. The van der Waals surface area contributed by atoms with Gasteiger partial charge >= 0.3 is 0 Å². The highest BCUT2D eigenvalue weighted by molar-refractivity contribution is 6.04. The van der Waals surface area contributed by atoms with Gasteiger partial charge in [0.2, 0.25) is 0 Å². The SMILES string of the molecule is C#Cc1ccc(NC(=O)c2ccc(CC[C@H]3COC(N)=N3)cc2)cc1. The number of ether oxygens (including phenoxy) is 1. The van der Waals surface area contributed by atoms with Gasteiger partial charge in [0.15, 0.2) is 0 Å². The van der Waals surface area contributed by atoms with Crippen molar-refractivity contribution in [2.45, 2.75) is 18.9 Å². The van der Waals surface area contributed by atoms with Gasteiger partial charge in [0, 0.05) is 16.8 Å². The number of benzene rings is 2. The Morgan fingerprint density at radius 2 is 1.96 bits per heavy atom. The van der Waals surface area contributed by atoms with Crippen molar-refractivity contribution in [3.63, 3.8) is 0 Å². The summed E-state index contributed by atoms with van der Waals surface area (Å²) in [6.45, 7) is 0.546. The van der Waals surface area contributed by atoms with E-state index in [9.17, 15) is 4.79 Å². The number of hydrogen-bond acceptors (Lipinski definition) is 4. The van der Waals surface area contributed by atoms with E-state index in [1.54, 1.807) is 24.3 Å². The van der Waals surface area contributed by atoms with Gasteiger partial charge in [-0.25, -0.2) is 4.99 Å². The third kappa shape index (κ3) is 4.39. The summed E-state index contributed by atoms with van der Waals surface area (Å²) >= 11 is 0. The predicted molar refractivity (Wildman–Crippen MR) is 98.5 cm³/mol. The van der Waals surface area contributed by atoms with Crippen LogP contribution in [-0.4, -0.2) is 24.6 Å². The first-order valence-electron chi connectivity index (χ1n) is 8.07. The number of amides is 1. The van der Waals surface area contributed by atoms with Crippen molar-refractivity contribution >= 4 is 17.6 Å². The van der Waals surface area contributed by atoms with Crippen LogP contribution < -0.4 is 11.1 Å². The molecule has 1 aliphatic heterocycles. The molecule has 3 N–H and O–H groups in total. The molecule has 0 fully saturated rings. The molecule has 0 aliphatic carbocycles. The summed E-state index contributed by atoms with van der Waals surface area (Å²) in [5.41, 5.74) is 8.75. The number of nitrogens with one attached hydrogen (secondary N) is 1. The van der Waals surface area contributed by atoms with Gasteiger partial charge < -0.3 is 15.8 Å². The smallest absolute Gasteiger partial charge is 0.282 e. The van der Waals surface area contributed by atoms with Crippen molar-refractivity contribution in [1.82, 2.24) is 0 Å². The molecule has 5 nitrogen and oxygen atoms in total. The molecule has 126 valence electrons. The highest BCUT2D eigenvalue weighted by Gasteiger charge is 2.16. The summed E-state index contributed by atoms with van der Waals surface area (Å²) in [6.07, 6.45) is 7.05. The summed E-state index contributed by atoms with van der Waals surface area (Å²) < 4.78 is 5.14. The van der Waals surface area contributed by atoms with E-state index in [4.69, 9.17) is 16.9 Å². The zero-order valence-corrected chi connectivity index (χ0v) is 13.7. The zero-order chi connectivity index (χ0) is 17.6. The third-order valence-electron chi connectivity index (χ3n) is 4.03. The first-order valence-corrected chi connectivity index (χ1v) is 8.07. The zero-order valence-electron chi connectivity index (χ0n) is 13.7. The summed E-state index contributed by atoms with van der Waals surface area (Å²) in [7, 11) is 0. The Hall–Kier alpha value is -3.26. The lowest BCUT2D eigenvalue weighted by Crippen LogP contribution is -2.12. The number of terminal acetylenes is 1. The standard InChI is InChI=1S/C20H19N3O2/c1-2-14-5-10-17(11-6-14)22-19(24)16-8-3-15(4-9-16)7-12-18-13-25-20(21)23-18/h1,3-6,8-11,18H,7,12-13H2,(H2,21,23)(H,22,24)/t18-/m0/s1. The topological polar surface area (TPSA) is 76.7 Å². The number of nitrogens with zero attached hydrogens (tertiary/aromatic N) is 1. The van der Waals surface area contributed by atoms with Crippen molar-refractivity contribution in [3.05, 3.63) is 65.2 Å². The van der Waals surface area contributed by atoms with Crippen LogP contribution >= 0.6 is 0 Å². The minimum Gasteiger partial charge on any atom is -0.463 e. The second-order valence-electron chi connectivity index (χ2n) is 5.84. The van der Waals surface area contributed by atoms with Gasteiger partial charge in [0.1, 0.15) is 6.61 Å². The molecule has 1 aliphatic rings. The van der Waals surface area contributed by atoms with Crippen LogP contribution in [0.25, 0.3) is 0 Å². The summed E-state index contributed by atoms with van der Waals surface area (Å²) in [5, 5.41) is 2.85. The Kier molecular flexibility index (Phi) is 5.00. The molecule has 2 aromatic rings. The maximum Gasteiger partial charge on any atom is 0.282 e. The molecule has 0 radical (unpaired) electrons. The first-order chi connectivity index (χ1) is 12.1. The first kappa shape index (κ1) is 16.6. The van der Waals surface area contributed by atoms with Crippen LogP contribution in [0, 0.1) is 12.3 Å². The number of aryl methyl sites for hydroxylation is 1. The molecule has 0 saturated heterocycles. The van der Waals surface area contributed by atoms with Crippen molar-refractivity contribution in [2.75, 3.05) is 11.9 Å². The molecule has 3 rings (SSSR count). The fourth-order valence-electron chi connectivity index (χ4n) is 2.59. The number of carbonyl (C=O) groups excluding carboxylic acids is 1. The van der Waals surface area contributed by atoms with Gasteiger partial charge in [0.25, 0.3) is 11.9 Å². The van der Waals surface area contributed by atoms with Crippen molar-refractivity contribution < 1.29 is 9.53 Å². The summed E-state index contributed by atoms with van der Waals surface area (Å²) in [5.74, 6) is 2.39. The fraction of sp³-hybridized carbons (Fsp3) is 0.200. The second kappa shape index (κ2) is 7.54. The Balaban J connectivity index is 1.55. The van der Waals surface area contributed by atoms with Gasteiger partial charge in [-0.3, -0.25) is 4.79 Å². The molecular weight excluding hydrogens is 314 g/mol. The summed E-state index contributed by atoms with van der Waals surface area (Å²) in [6, 6.07) is 15.1. The molecule has 5 heteroatoms. The van der Waals surface area contributed by atoms with E-state index in [1.165, 1.54) is 0 Å². The van der Waals surface area contributed by atoms with Crippen LogP contribution in [0.2, 0.25) is 0 Å². The normalized spacial score (nSPS) is 15.8. The van der Waals surface area contributed by atoms with Crippen LogP contribution in [0.5, 0.6) is 0 Å². The average Bonchev–Trinajstić information content (AvgIpc) is 3.06. The molecular formula is C20H19N3O2. The lowest BCUT2D eigenvalue weighted by atomic mass is 10.0. The monoisotopic (exact) mass is 333 g/mol. The van der Waals surface area contributed by atoms with Crippen molar-refractivity contribution in [3.8, 4) is 12.3 Å². The number of rotatable bonds is 5. The number of anilines is 1. The number of hydrogen-bond donors (Lipinski definition) is 2. The van der Waals surface area contributed by atoms with E-state index in [0.29, 0.717) is 17.9 Å². The number of aliphatic imine (C=N–C) groups is 1. The maximum atomic E-state index is 12.3. The Morgan fingerprint density at radius 3 is 2.56 bits per heavy atom. The fourth-order valence-corrected chi connectivity index (χ4v) is 2.59. The Morgan fingerprint density at radius 1 is 1.24 bits per heavy atom. The lowest BCUT2D eigenvalue weighted by molar-refractivity contribution is 0.102. The van der Waals surface area contributed by atoms with E-state index in [1.807, 2.05) is 24.3 Å². The van der Waals surface area contributed by atoms with E-state index >= 15 is 0 Å². The number of nitrogens with two attached hydrogens (primary N) is 1. The third-order valence-corrected chi connectivity index (χ3v) is 4.03. The van der Waals surface area contributed by atoms with Crippen LogP contribution in [0.15, 0.2) is 53.5 Å². The number of amidine groups is 1. The molecule has 1 heterocycles. The van der Waals surface area contributed by atoms with Gasteiger partial charge in [-0.2, -0.15) is 0 Å². The van der Waals surface area contributed by atoms with Crippen LogP contribution in [0.1, 0.15) is 27.9 Å². The van der Waals surface area contributed by atoms with Crippen LogP contribution in [0.3, 0.4) is 0 Å². The van der Waals surface area contributed by atoms with Gasteiger partial charge in [-0.05, 0) is 54.8 Å². The van der Waals surface area contributed by atoms with E-state index in [0.717, 1.165) is 24.0 Å². The molecule has 0 unspecified atom stereocenters. The van der Waals surface area contributed by atoms with Crippen LogP contribution in [0.4, 0.5) is 5.69 Å². The van der Waals surface area contributed by atoms with Gasteiger partial charge in [-0.1, -0.05) is 18.1 Å². The van der Waals surface area contributed by atoms with E-state index in [2.05, 4.69) is 16.2 Å². The molecule has 1 amide bonds. The molecule has 25 heavy (non-hydrogen) atoms. The minimum absolute atomic E-state index is 0.119. The Bertz CT molecular complexity index is 818. The summed E-state index contributed by atoms with van der Waals surface area (Å²) in [4.78, 5) is 16.5. The highest BCUT2D eigenvalue weighted by Crippen LogP contribution is 2.14. The predicted octanol–water partition coefficient (Wildman–Crippen LogP) is 2.57. The quantitative estimate of drug-likeness (QED) is 0.826. The molecule has 0 aromatic heterocycles.